The predicted octanol–water partition coefficient (Wildman–Crippen LogP) is 2.04. The Morgan fingerprint density at radius 1 is 0.931 bits per heavy atom. The molecule has 2 aromatic carbocycles. The molecule has 1 fully saturated rings. The van der Waals surface area contributed by atoms with E-state index in [1.807, 2.05) is 36.4 Å². The molecule has 0 spiro atoms. The summed E-state index contributed by atoms with van der Waals surface area (Å²) in [5.74, 6) is 0.274. The molecular weight excluding hydrogens is 366 g/mol. The van der Waals surface area contributed by atoms with E-state index in [9.17, 15) is 9.59 Å². The average Bonchev–Trinajstić information content (AvgIpc) is 2.78. The van der Waals surface area contributed by atoms with Crippen molar-refractivity contribution < 1.29 is 14.3 Å². The van der Waals surface area contributed by atoms with Gasteiger partial charge >= 0.3 is 0 Å². The zero-order chi connectivity index (χ0) is 20.3. The van der Waals surface area contributed by atoms with E-state index in [0.29, 0.717) is 18.8 Å². The van der Waals surface area contributed by atoms with E-state index in [-0.39, 0.29) is 25.0 Å². The molecule has 0 aliphatic carbocycles. The summed E-state index contributed by atoms with van der Waals surface area (Å²) in [6.07, 6.45) is 4.27. The van der Waals surface area contributed by atoms with Crippen molar-refractivity contribution in [1.29, 1.82) is 0 Å². The van der Waals surface area contributed by atoms with Crippen molar-refractivity contribution in [2.45, 2.75) is 0 Å². The first-order valence-electron chi connectivity index (χ1n) is 9.87. The second-order valence-electron chi connectivity index (χ2n) is 6.87. The Morgan fingerprint density at radius 3 is 2.28 bits per heavy atom. The summed E-state index contributed by atoms with van der Waals surface area (Å²) in [7, 11) is 0. The van der Waals surface area contributed by atoms with E-state index in [2.05, 4.69) is 34.5 Å². The summed E-state index contributed by atoms with van der Waals surface area (Å²) in [5.41, 5.74) is 1.19. The highest BCUT2D eigenvalue weighted by molar-refractivity contribution is 5.85. The van der Waals surface area contributed by atoms with Crippen LogP contribution in [-0.4, -0.2) is 67.5 Å². The normalized spacial score (nSPS) is 14.7. The van der Waals surface area contributed by atoms with Crippen LogP contribution in [0.5, 0.6) is 5.75 Å². The van der Waals surface area contributed by atoms with Gasteiger partial charge in [0.05, 0.1) is 6.54 Å². The zero-order valence-electron chi connectivity index (χ0n) is 16.5. The van der Waals surface area contributed by atoms with Crippen LogP contribution in [0, 0.1) is 0 Å². The summed E-state index contributed by atoms with van der Waals surface area (Å²) >= 11 is 0. The lowest BCUT2D eigenvalue weighted by molar-refractivity contribution is -0.134. The fourth-order valence-electron chi connectivity index (χ4n) is 3.08. The highest BCUT2D eigenvalue weighted by atomic mass is 16.5. The lowest BCUT2D eigenvalue weighted by atomic mass is 10.2. The topological polar surface area (TPSA) is 61.9 Å². The Morgan fingerprint density at radius 2 is 1.59 bits per heavy atom. The monoisotopic (exact) mass is 393 g/mol. The largest absolute Gasteiger partial charge is 0.484 e. The molecule has 2 aromatic rings. The van der Waals surface area contributed by atoms with Gasteiger partial charge in [0.1, 0.15) is 5.75 Å². The van der Waals surface area contributed by atoms with Crippen molar-refractivity contribution in [3.8, 4) is 5.75 Å². The van der Waals surface area contributed by atoms with E-state index in [4.69, 9.17) is 4.74 Å². The lowest BCUT2D eigenvalue weighted by Crippen LogP contribution is -2.51. The Labute approximate surface area is 171 Å². The maximum absolute atomic E-state index is 12.3. The van der Waals surface area contributed by atoms with Crippen LogP contribution in [0.1, 0.15) is 5.56 Å². The summed E-state index contributed by atoms with van der Waals surface area (Å²) in [6, 6.07) is 19.3. The molecule has 6 heteroatoms. The Bertz CT molecular complexity index is 801. The van der Waals surface area contributed by atoms with E-state index in [1.165, 1.54) is 5.56 Å². The predicted molar refractivity (Wildman–Crippen MR) is 113 cm³/mol. The molecule has 1 aliphatic rings. The minimum Gasteiger partial charge on any atom is -0.484 e. The molecule has 152 valence electrons. The van der Waals surface area contributed by atoms with Crippen LogP contribution < -0.4 is 10.1 Å². The lowest BCUT2D eigenvalue weighted by Gasteiger charge is -2.34. The van der Waals surface area contributed by atoms with Gasteiger partial charge in [-0.2, -0.15) is 0 Å². The van der Waals surface area contributed by atoms with E-state index < -0.39 is 0 Å². The number of ether oxygens (including phenoxy) is 1. The molecule has 0 unspecified atom stereocenters. The number of hydrogen-bond acceptors (Lipinski definition) is 4. The Hall–Kier alpha value is -3.12. The van der Waals surface area contributed by atoms with Crippen LogP contribution in [0.25, 0.3) is 6.08 Å². The van der Waals surface area contributed by atoms with Gasteiger partial charge in [-0.3, -0.25) is 14.5 Å². The minimum absolute atomic E-state index is 0.00485. The van der Waals surface area contributed by atoms with Crippen LogP contribution in [0.2, 0.25) is 0 Å². The molecule has 0 aromatic heterocycles. The standard InChI is InChI=1S/C23H27N3O3/c27-22(19-29-21-11-5-2-6-12-21)24-18-23(28)26-16-14-25(15-17-26)13-7-10-20-8-3-1-4-9-20/h1-12H,13-19H2,(H,24,27)/b10-7+. The van der Waals surface area contributed by atoms with Crippen molar-refractivity contribution in [2.75, 3.05) is 45.9 Å². The van der Waals surface area contributed by atoms with Crippen molar-refractivity contribution in [2.24, 2.45) is 0 Å². The molecule has 29 heavy (non-hydrogen) atoms. The van der Waals surface area contributed by atoms with Gasteiger partial charge in [-0.25, -0.2) is 0 Å². The maximum atomic E-state index is 12.3. The van der Waals surface area contributed by atoms with Crippen molar-refractivity contribution in [1.82, 2.24) is 15.1 Å². The number of benzene rings is 2. The van der Waals surface area contributed by atoms with Gasteiger partial charge < -0.3 is 15.0 Å². The van der Waals surface area contributed by atoms with Crippen LogP contribution in [0.15, 0.2) is 66.7 Å². The van der Waals surface area contributed by atoms with Gasteiger partial charge in [0, 0.05) is 32.7 Å². The highest BCUT2D eigenvalue weighted by Crippen LogP contribution is 2.08. The highest BCUT2D eigenvalue weighted by Gasteiger charge is 2.20. The number of carbonyl (C=O) groups is 2. The summed E-state index contributed by atoms with van der Waals surface area (Å²) in [4.78, 5) is 28.3. The molecule has 0 bridgehead atoms. The average molecular weight is 393 g/mol. The van der Waals surface area contributed by atoms with Crippen molar-refractivity contribution in [3.63, 3.8) is 0 Å². The zero-order valence-corrected chi connectivity index (χ0v) is 16.5. The first-order chi connectivity index (χ1) is 14.2. The number of nitrogens with zero attached hydrogens (tertiary/aromatic N) is 2. The second-order valence-corrected chi connectivity index (χ2v) is 6.87. The molecule has 1 saturated heterocycles. The van der Waals surface area contributed by atoms with Gasteiger partial charge in [0.15, 0.2) is 6.61 Å². The minimum atomic E-state index is -0.299. The fourth-order valence-corrected chi connectivity index (χ4v) is 3.08. The number of nitrogens with one attached hydrogen (secondary N) is 1. The van der Waals surface area contributed by atoms with Gasteiger partial charge in [-0.05, 0) is 17.7 Å². The molecule has 3 rings (SSSR count). The quantitative estimate of drug-likeness (QED) is 0.746. The van der Waals surface area contributed by atoms with Gasteiger partial charge in [0.25, 0.3) is 5.91 Å². The van der Waals surface area contributed by atoms with Crippen LogP contribution in [0.3, 0.4) is 0 Å². The SMILES string of the molecule is O=C(COc1ccccc1)NCC(=O)N1CCN(C/C=C/c2ccccc2)CC1. The van der Waals surface area contributed by atoms with Crippen LogP contribution >= 0.6 is 0 Å². The molecule has 0 atom stereocenters. The Balaban J connectivity index is 1.31. The van der Waals surface area contributed by atoms with Crippen LogP contribution in [-0.2, 0) is 9.59 Å². The first kappa shape index (κ1) is 20.6. The van der Waals surface area contributed by atoms with E-state index >= 15 is 0 Å². The van der Waals surface area contributed by atoms with Gasteiger partial charge in [-0.15, -0.1) is 0 Å². The number of rotatable bonds is 8. The molecular formula is C23H27N3O3. The molecule has 6 nitrogen and oxygen atoms in total. The van der Waals surface area contributed by atoms with E-state index in [1.54, 1.807) is 17.0 Å². The second kappa shape index (κ2) is 11.0. The summed E-state index contributed by atoms with van der Waals surface area (Å²) < 4.78 is 5.38. The Kier molecular flexibility index (Phi) is 7.83. The molecule has 2 amide bonds. The number of amides is 2. The molecule has 1 heterocycles. The smallest absolute Gasteiger partial charge is 0.258 e. The third-order valence-corrected chi connectivity index (χ3v) is 4.75. The van der Waals surface area contributed by atoms with Crippen LogP contribution in [0.4, 0.5) is 0 Å². The van der Waals surface area contributed by atoms with E-state index in [0.717, 1.165) is 19.6 Å². The number of hydrogen-bond donors (Lipinski definition) is 1. The van der Waals surface area contributed by atoms with Gasteiger partial charge in [0.2, 0.25) is 5.91 Å². The summed E-state index contributed by atoms with van der Waals surface area (Å²) in [5, 5.41) is 2.63. The van der Waals surface area contributed by atoms with Crippen molar-refractivity contribution >= 4 is 17.9 Å². The third-order valence-electron chi connectivity index (χ3n) is 4.75. The number of para-hydroxylation sites is 1. The summed E-state index contributed by atoms with van der Waals surface area (Å²) in [6.45, 7) is 3.78. The number of carbonyl (C=O) groups excluding carboxylic acids is 2. The fraction of sp³-hybridized carbons (Fsp3) is 0.304. The molecule has 1 aliphatic heterocycles. The van der Waals surface area contributed by atoms with Gasteiger partial charge in [-0.1, -0.05) is 60.7 Å². The molecule has 0 radical (unpaired) electrons. The molecule has 1 N–H and O–H groups in total. The molecule has 0 saturated carbocycles. The third kappa shape index (κ3) is 7.08. The van der Waals surface area contributed by atoms with Crippen molar-refractivity contribution in [3.05, 3.63) is 72.3 Å². The maximum Gasteiger partial charge on any atom is 0.258 e. The number of piperazine rings is 1. The first-order valence-corrected chi connectivity index (χ1v) is 9.87.